The molecule has 0 spiro atoms. The monoisotopic (exact) mass is 306 g/mol. The lowest BCUT2D eigenvalue weighted by Gasteiger charge is -2.08. The minimum Gasteiger partial charge on any atom is -0.0622 e. The molecule has 0 aliphatic rings. The van der Waals surface area contributed by atoms with Crippen LogP contribution in [0.4, 0.5) is 0 Å². The van der Waals surface area contributed by atoms with E-state index in [1.807, 2.05) is 0 Å². The van der Waals surface area contributed by atoms with Gasteiger partial charge in [-0.2, -0.15) is 0 Å². The molecule has 4 aromatic carbocycles. The Morgan fingerprint density at radius 3 is 0.917 bits per heavy atom. The van der Waals surface area contributed by atoms with Crippen molar-refractivity contribution in [2.75, 3.05) is 0 Å². The van der Waals surface area contributed by atoms with Crippen LogP contribution < -0.4 is 0 Å². The van der Waals surface area contributed by atoms with Crippen LogP contribution in [-0.4, -0.2) is 0 Å². The van der Waals surface area contributed by atoms with E-state index in [1.54, 1.807) is 0 Å². The summed E-state index contributed by atoms with van der Waals surface area (Å²) in [7, 11) is 0. The van der Waals surface area contributed by atoms with Gasteiger partial charge in [0.1, 0.15) is 0 Å². The third kappa shape index (κ3) is 3.00. The summed E-state index contributed by atoms with van der Waals surface area (Å²) in [5.41, 5.74) is 7.48. The van der Waals surface area contributed by atoms with Crippen LogP contribution in [0.2, 0.25) is 0 Å². The van der Waals surface area contributed by atoms with Crippen LogP contribution in [0.3, 0.4) is 0 Å². The third-order valence-corrected chi connectivity index (χ3v) is 4.27. The molecule has 0 aliphatic carbocycles. The summed E-state index contributed by atoms with van der Waals surface area (Å²) in [5.74, 6) is 0. The molecule has 0 N–H and O–H groups in total. The topological polar surface area (TPSA) is 0 Å². The largest absolute Gasteiger partial charge is 0.0622 e. The smallest absolute Gasteiger partial charge is 0.0178 e. The summed E-state index contributed by atoms with van der Waals surface area (Å²) in [5, 5.41) is 0. The zero-order valence-electron chi connectivity index (χ0n) is 13.4. The number of hydrogen-bond acceptors (Lipinski definition) is 0. The van der Waals surface area contributed by atoms with E-state index in [9.17, 15) is 0 Å². The molecule has 0 heterocycles. The second-order valence-corrected chi connectivity index (χ2v) is 5.89. The predicted octanol–water partition coefficient (Wildman–Crippen LogP) is 6.69. The lowest BCUT2D eigenvalue weighted by Crippen LogP contribution is -1.83. The SMILES string of the molecule is c1ccc(-c2cccc(-c3cccc(-c4ccccc4)c3)c2)cc1. The van der Waals surface area contributed by atoms with Crippen LogP contribution >= 0.6 is 0 Å². The molecule has 114 valence electrons. The maximum atomic E-state index is 2.26. The molecule has 0 unspecified atom stereocenters. The van der Waals surface area contributed by atoms with Gasteiger partial charge in [-0.25, -0.2) is 0 Å². The summed E-state index contributed by atoms with van der Waals surface area (Å²) in [6.45, 7) is 0. The van der Waals surface area contributed by atoms with Gasteiger partial charge in [0.15, 0.2) is 0 Å². The van der Waals surface area contributed by atoms with Crippen LogP contribution in [0, 0.1) is 0 Å². The molecule has 0 atom stereocenters. The molecule has 0 heteroatoms. The minimum atomic E-state index is 1.24. The summed E-state index contributed by atoms with van der Waals surface area (Å²) >= 11 is 0. The summed E-state index contributed by atoms with van der Waals surface area (Å²) < 4.78 is 0. The first-order valence-corrected chi connectivity index (χ1v) is 8.21. The Morgan fingerprint density at radius 2 is 0.542 bits per heavy atom. The van der Waals surface area contributed by atoms with E-state index in [1.165, 1.54) is 33.4 Å². The minimum absolute atomic E-state index is 1.24. The molecule has 4 rings (SSSR count). The van der Waals surface area contributed by atoms with Crippen molar-refractivity contribution in [3.8, 4) is 33.4 Å². The molecule has 24 heavy (non-hydrogen) atoms. The first-order valence-electron chi connectivity index (χ1n) is 8.21. The van der Waals surface area contributed by atoms with Crippen LogP contribution in [0.25, 0.3) is 33.4 Å². The van der Waals surface area contributed by atoms with Gasteiger partial charge in [0.2, 0.25) is 0 Å². The lowest BCUT2D eigenvalue weighted by atomic mass is 9.96. The second-order valence-electron chi connectivity index (χ2n) is 5.89. The maximum Gasteiger partial charge on any atom is -0.0178 e. The molecule has 0 saturated heterocycles. The second kappa shape index (κ2) is 6.55. The van der Waals surface area contributed by atoms with Gasteiger partial charge in [0.25, 0.3) is 0 Å². The molecule has 4 aromatic rings. The fraction of sp³-hybridized carbons (Fsp3) is 0. The molecule has 0 aliphatic heterocycles. The number of rotatable bonds is 3. The van der Waals surface area contributed by atoms with Crippen LogP contribution in [-0.2, 0) is 0 Å². The predicted molar refractivity (Wildman–Crippen MR) is 103 cm³/mol. The van der Waals surface area contributed by atoms with Crippen molar-refractivity contribution >= 4 is 0 Å². The average Bonchev–Trinajstić information content (AvgIpc) is 2.70. The molecule has 0 radical (unpaired) electrons. The molecular weight excluding hydrogens is 288 g/mol. The fourth-order valence-electron chi connectivity index (χ4n) is 3.02. The maximum absolute atomic E-state index is 2.26. The number of benzene rings is 4. The Morgan fingerprint density at radius 1 is 0.250 bits per heavy atom. The Kier molecular flexibility index (Phi) is 3.95. The summed E-state index contributed by atoms with van der Waals surface area (Å²) in [6, 6.07) is 38.5. The first-order chi connectivity index (χ1) is 11.9. The van der Waals surface area contributed by atoms with Crippen molar-refractivity contribution in [3.05, 3.63) is 109 Å². The van der Waals surface area contributed by atoms with Gasteiger partial charge in [-0.15, -0.1) is 0 Å². The Balaban J connectivity index is 1.75. The Bertz CT molecular complexity index is 857. The fourth-order valence-corrected chi connectivity index (χ4v) is 3.02. The molecule has 0 fully saturated rings. The van der Waals surface area contributed by atoms with E-state index in [2.05, 4.69) is 109 Å². The van der Waals surface area contributed by atoms with Crippen molar-refractivity contribution in [1.29, 1.82) is 0 Å². The van der Waals surface area contributed by atoms with Crippen LogP contribution in [0.15, 0.2) is 109 Å². The number of hydrogen-bond donors (Lipinski definition) is 0. The molecule has 0 saturated carbocycles. The lowest BCUT2D eigenvalue weighted by molar-refractivity contribution is 1.57. The van der Waals surface area contributed by atoms with E-state index < -0.39 is 0 Å². The standard InChI is InChI=1S/C24H18/c1-3-9-19(10-4-1)21-13-7-15-23(17-21)24-16-8-14-22(18-24)20-11-5-2-6-12-20/h1-18H. The zero-order chi connectivity index (χ0) is 16.2. The van der Waals surface area contributed by atoms with Gasteiger partial charge in [0, 0.05) is 0 Å². The van der Waals surface area contributed by atoms with Gasteiger partial charge in [0.05, 0.1) is 0 Å². The molecule has 0 bridgehead atoms. The average molecular weight is 306 g/mol. The quantitative estimate of drug-likeness (QED) is 0.395. The zero-order valence-corrected chi connectivity index (χ0v) is 13.4. The molecule has 0 nitrogen and oxygen atoms in total. The van der Waals surface area contributed by atoms with Crippen molar-refractivity contribution in [3.63, 3.8) is 0 Å². The van der Waals surface area contributed by atoms with E-state index in [0.29, 0.717) is 0 Å². The Labute approximate surface area is 143 Å². The molecular formula is C24H18. The van der Waals surface area contributed by atoms with Crippen LogP contribution in [0.1, 0.15) is 0 Å². The van der Waals surface area contributed by atoms with E-state index in [4.69, 9.17) is 0 Å². The summed E-state index contributed by atoms with van der Waals surface area (Å²) in [4.78, 5) is 0. The third-order valence-electron chi connectivity index (χ3n) is 4.27. The van der Waals surface area contributed by atoms with Gasteiger partial charge < -0.3 is 0 Å². The normalized spacial score (nSPS) is 10.5. The van der Waals surface area contributed by atoms with Crippen molar-refractivity contribution in [2.24, 2.45) is 0 Å². The highest BCUT2D eigenvalue weighted by Gasteiger charge is 2.03. The highest BCUT2D eigenvalue weighted by atomic mass is 14.1. The van der Waals surface area contributed by atoms with E-state index >= 15 is 0 Å². The highest BCUT2D eigenvalue weighted by molar-refractivity contribution is 5.76. The van der Waals surface area contributed by atoms with Gasteiger partial charge >= 0.3 is 0 Å². The van der Waals surface area contributed by atoms with E-state index in [0.717, 1.165) is 0 Å². The molecule has 0 aromatic heterocycles. The van der Waals surface area contributed by atoms with Gasteiger partial charge in [-0.3, -0.25) is 0 Å². The van der Waals surface area contributed by atoms with Crippen molar-refractivity contribution < 1.29 is 0 Å². The van der Waals surface area contributed by atoms with Gasteiger partial charge in [-0.1, -0.05) is 97.1 Å². The van der Waals surface area contributed by atoms with Gasteiger partial charge in [-0.05, 0) is 45.5 Å². The highest BCUT2D eigenvalue weighted by Crippen LogP contribution is 2.29. The Hall–Kier alpha value is -3.12. The van der Waals surface area contributed by atoms with Crippen LogP contribution in [0.5, 0.6) is 0 Å². The first kappa shape index (κ1) is 14.5. The molecule has 0 amide bonds. The van der Waals surface area contributed by atoms with Crippen molar-refractivity contribution in [1.82, 2.24) is 0 Å². The summed E-state index contributed by atoms with van der Waals surface area (Å²) in [6.07, 6.45) is 0. The van der Waals surface area contributed by atoms with E-state index in [-0.39, 0.29) is 0 Å². The van der Waals surface area contributed by atoms with Crippen molar-refractivity contribution in [2.45, 2.75) is 0 Å².